The van der Waals surface area contributed by atoms with Gasteiger partial charge in [0.1, 0.15) is 0 Å². The molecule has 3 unspecified atom stereocenters. The second-order valence-corrected chi connectivity index (χ2v) is 5.86. The van der Waals surface area contributed by atoms with E-state index in [9.17, 15) is 0 Å². The van der Waals surface area contributed by atoms with E-state index in [0.29, 0.717) is 0 Å². The normalized spacial score (nSPS) is 17.6. The van der Waals surface area contributed by atoms with Crippen LogP contribution in [0.4, 0.5) is 0 Å². The van der Waals surface area contributed by atoms with Gasteiger partial charge in [-0.25, -0.2) is 0 Å². The SMILES string of the molecule is CCCC(C)=CC(CC)C(CC)C(CC)CCC. The summed E-state index contributed by atoms with van der Waals surface area (Å²) in [6.07, 6.45) is 11.9. The van der Waals surface area contributed by atoms with Crippen LogP contribution in [0.5, 0.6) is 0 Å². The molecule has 0 spiro atoms. The molecule has 0 aliphatic carbocycles. The van der Waals surface area contributed by atoms with Gasteiger partial charge in [0.05, 0.1) is 0 Å². The molecule has 0 saturated heterocycles. The zero-order chi connectivity index (χ0) is 14.0. The van der Waals surface area contributed by atoms with Crippen LogP contribution in [0, 0.1) is 17.8 Å². The standard InChI is InChI=1S/C18H36/c1-7-12-15(6)14-17(10-4)18(11-5)16(9-3)13-8-2/h14,16-18H,7-13H2,1-6H3. The molecule has 3 atom stereocenters. The molecule has 0 aliphatic heterocycles. The highest BCUT2D eigenvalue weighted by molar-refractivity contribution is 5.02. The van der Waals surface area contributed by atoms with Crippen LogP contribution in [0.15, 0.2) is 11.6 Å². The Bertz CT molecular complexity index is 214. The highest BCUT2D eigenvalue weighted by Gasteiger charge is 2.24. The second kappa shape index (κ2) is 10.6. The Morgan fingerprint density at radius 1 is 0.889 bits per heavy atom. The Labute approximate surface area is 116 Å². The van der Waals surface area contributed by atoms with E-state index in [-0.39, 0.29) is 0 Å². The number of hydrogen-bond acceptors (Lipinski definition) is 0. The summed E-state index contributed by atoms with van der Waals surface area (Å²) < 4.78 is 0. The van der Waals surface area contributed by atoms with E-state index in [0.717, 1.165) is 17.8 Å². The first-order chi connectivity index (χ1) is 8.64. The van der Waals surface area contributed by atoms with E-state index in [2.05, 4.69) is 47.6 Å². The van der Waals surface area contributed by atoms with Crippen molar-refractivity contribution in [2.24, 2.45) is 17.8 Å². The highest BCUT2D eigenvalue weighted by atomic mass is 14.3. The van der Waals surface area contributed by atoms with Crippen LogP contribution in [0.25, 0.3) is 0 Å². The molecule has 18 heavy (non-hydrogen) atoms. The molecule has 0 saturated carbocycles. The lowest BCUT2D eigenvalue weighted by atomic mass is 9.74. The van der Waals surface area contributed by atoms with Crippen molar-refractivity contribution >= 4 is 0 Å². The molecule has 0 heterocycles. The quantitative estimate of drug-likeness (QED) is 0.384. The van der Waals surface area contributed by atoms with Crippen LogP contribution in [-0.2, 0) is 0 Å². The van der Waals surface area contributed by atoms with Crippen LogP contribution in [-0.4, -0.2) is 0 Å². The molecule has 0 aromatic carbocycles. The maximum absolute atomic E-state index is 2.59. The fourth-order valence-electron chi connectivity index (χ4n) is 3.46. The fraction of sp³-hybridized carbons (Fsp3) is 0.889. The largest absolute Gasteiger partial charge is 0.0822 e. The van der Waals surface area contributed by atoms with Crippen molar-refractivity contribution < 1.29 is 0 Å². The van der Waals surface area contributed by atoms with E-state index in [1.807, 2.05) is 0 Å². The number of allylic oxidation sites excluding steroid dienone is 2. The van der Waals surface area contributed by atoms with Gasteiger partial charge >= 0.3 is 0 Å². The molecule has 0 nitrogen and oxygen atoms in total. The Kier molecular flexibility index (Phi) is 10.5. The molecule has 0 bridgehead atoms. The van der Waals surface area contributed by atoms with Crippen LogP contribution >= 0.6 is 0 Å². The van der Waals surface area contributed by atoms with E-state index in [1.165, 1.54) is 44.9 Å². The van der Waals surface area contributed by atoms with Crippen LogP contribution in [0.3, 0.4) is 0 Å². The lowest BCUT2D eigenvalue weighted by Crippen LogP contribution is -2.21. The predicted octanol–water partition coefficient (Wildman–Crippen LogP) is 6.61. The third-order valence-corrected chi connectivity index (χ3v) is 4.43. The van der Waals surface area contributed by atoms with Gasteiger partial charge in [-0.15, -0.1) is 0 Å². The van der Waals surface area contributed by atoms with Crippen LogP contribution in [0.2, 0.25) is 0 Å². The van der Waals surface area contributed by atoms with Gasteiger partial charge in [0.15, 0.2) is 0 Å². The Balaban J connectivity index is 4.79. The molecule has 0 aliphatic rings. The van der Waals surface area contributed by atoms with E-state index >= 15 is 0 Å². The molecule has 108 valence electrons. The summed E-state index contributed by atoms with van der Waals surface area (Å²) in [6, 6.07) is 0. The zero-order valence-corrected chi connectivity index (χ0v) is 13.8. The number of hydrogen-bond donors (Lipinski definition) is 0. The first-order valence-electron chi connectivity index (χ1n) is 8.31. The third-order valence-electron chi connectivity index (χ3n) is 4.43. The van der Waals surface area contributed by atoms with Crippen molar-refractivity contribution in [1.29, 1.82) is 0 Å². The van der Waals surface area contributed by atoms with Crippen molar-refractivity contribution in [1.82, 2.24) is 0 Å². The Morgan fingerprint density at radius 3 is 1.94 bits per heavy atom. The summed E-state index contributed by atoms with van der Waals surface area (Å²) in [7, 11) is 0. The minimum absolute atomic E-state index is 0.804. The first-order valence-corrected chi connectivity index (χ1v) is 8.31. The van der Waals surface area contributed by atoms with Gasteiger partial charge in [-0.05, 0) is 37.5 Å². The van der Waals surface area contributed by atoms with Crippen molar-refractivity contribution in [2.75, 3.05) is 0 Å². The maximum Gasteiger partial charge on any atom is -0.0203 e. The number of rotatable bonds is 10. The van der Waals surface area contributed by atoms with E-state index in [4.69, 9.17) is 0 Å². The summed E-state index contributed by atoms with van der Waals surface area (Å²) >= 11 is 0. The maximum atomic E-state index is 2.59. The van der Waals surface area contributed by atoms with Crippen LogP contribution in [0.1, 0.15) is 86.5 Å². The minimum atomic E-state index is 0.804. The first kappa shape index (κ1) is 17.7. The smallest absolute Gasteiger partial charge is 0.0203 e. The highest BCUT2D eigenvalue weighted by Crippen LogP contribution is 2.34. The van der Waals surface area contributed by atoms with Crippen molar-refractivity contribution in [3.05, 3.63) is 11.6 Å². The summed E-state index contributed by atoms with van der Waals surface area (Å²) in [5.41, 5.74) is 1.61. The monoisotopic (exact) mass is 252 g/mol. The van der Waals surface area contributed by atoms with Gasteiger partial charge in [0.2, 0.25) is 0 Å². The van der Waals surface area contributed by atoms with Gasteiger partial charge in [-0.1, -0.05) is 78.4 Å². The van der Waals surface area contributed by atoms with Gasteiger partial charge in [0.25, 0.3) is 0 Å². The molecular weight excluding hydrogens is 216 g/mol. The summed E-state index contributed by atoms with van der Waals surface area (Å²) in [4.78, 5) is 0. The van der Waals surface area contributed by atoms with Crippen LogP contribution < -0.4 is 0 Å². The van der Waals surface area contributed by atoms with Gasteiger partial charge in [0, 0.05) is 0 Å². The summed E-state index contributed by atoms with van der Waals surface area (Å²) in [5.74, 6) is 2.63. The van der Waals surface area contributed by atoms with E-state index < -0.39 is 0 Å². The molecule has 0 aromatic heterocycles. The lowest BCUT2D eigenvalue weighted by molar-refractivity contribution is 0.226. The molecule has 0 aromatic rings. The second-order valence-electron chi connectivity index (χ2n) is 5.86. The van der Waals surface area contributed by atoms with Gasteiger partial charge < -0.3 is 0 Å². The lowest BCUT2D eigenvalue weighted by Gasteiger charge is -2.31. The molecule has 0 radical (unpaired) electrons. The molecule has 0 N–H and O–H groups in total. The van der Waals surface area contributed by atoms with E-state index in [1.54, 1.807) is 5.57 Å². The van der Waals surface area contributed by atoms with Crippen molar-refractivity contribution in [3.8, 4) is 0 Å². The molecule has 0 heteroatoms. The fourth-order valence-corrected chi connectivity index (χ4v) is 3.46. The average Bonchev–Trinajstić information content (AvgIpc) is 2.37. The molecule has 0 rings (SSSR count). The summed E-state index contributed by atoms with van der Waals surface area (Å²) in [6.45, 7) is 14.0. The molecular formula is C18H36. The van der Waals surface area contributed by atoms with Gasteiger partial charge in [-0.2, -0.15) is 0 Å². The topological polar surface area (TPSA) is 0 Å². The third kappa shape index (κ3) is 6.07. The summed E-state index contributed by atoms with van der Waals surface area (Å²) in [5, 5.41) is 0. The molecule has 0 fully saturated rings. The van der Waals surface area contributed by atoms with Crippen molar-refractivity contribution in [3.63, 3.8) is 0 Å². The zero-order valence-electron chi connectivity index (χ0n) is 13.8. The molecule has 0 amide bonds. The Hall–Kier alpha value is -0.260. The predicted molar refractivity (Wildman–Crippen MR) is 84.9 cm³/mol. The Morgan fingerprint density at radius 2 is 1.56 bits per heavy atom. The minimum Gasteiger partial charge on any atom is -0.0822 e. The average molecular weight is 252 g/mol. The van der Waals surface area contributed by atoms with Crippen molar-refractivity contribution in [2.45, 2.75) is 86.5 Å². The van der Waals surface area contributed by atoms with Gasteiger partial charge in [-0.3, -0.25) is 0 Å².